The number of hydrogen-bond donors (Lipinski definition) is 1. The minimum atomic E-state index is -0.230. The molecule has 1 heterocycles. The van der Waals surface area contributed by atoms with Crippen molar-refractivity contribution in [2.75, 3.05) is 26.2 Å². The van der Waals surface area contributed by atoms with E-state index in [2.05, 4.69) is 5.32 Å². The average molecular weight is 240 g/mol. The van der Waals surface area contributed by atoms with Gasteiger partial charge in [0.15, 0.2) is 0 Å². The van der Waals surface area contributed by atoms with E-state index in [0.717, 1.165) is 19.3 Å². The lowest BCUT2D eigenvalue weighted by atomic mass is 10.1. The van der Waals surface area contributed by atoms with Crippen LogP contribution in [0.3, 0.4) is 0 Å². The maximum atomic E-state index is 11.7. The molecule has 1 saturated carbocycles. The van der Waals surface area contributed by atoms with Crippen LogP contribution in [0.2, 0.25) is 0 Å². The van der Waals surface area contributed by atoms with Gasteiger partial charge in [0.25, 0.3) is 0 Å². The van der Waals surface area contributed by atoms with Gasteiger partial charge in [0.2, 0.25) is 5.91 Å². The molecule has 5 nitrogen and oxygen atoms in total. The minimum absolute atomic E-state index is 0.187. The molecule has 0 bridgehead atoms. The van der Waals surface area contributed by atoms with Crippen molar-refractivity contribution in [1.82, 2.24) is 10.2 Å². The maximum Gasteiger partial charge on any atom is 0.409 e. The fourth-order valence-electron chi connectivity index (χ4n) is 2.44. The Hall–Kier alpha value is -1.26. The highest BCUT2D eigenvalue weighted by molar-refractivity contribution is 5.78. The molecule has 1 aliphatic heterocycles. The van der Waals surface area contributed by atoms with E-state index < -0.39 is 0 Å². The summed E-state index contributed by atoms with van der Waals surface area (Å²) in [6, 6.07) is 0. The number of cyclic esters (lactones) is 1. The number of nitrogens with one attached hydrogen (secondary N) is 1. The number of hydrogen-bond acceptors (Lipinski definition) is 3. The van der Waals surface area contributed by atoms with Gasteiger partial charge in [-0.15, -0.1) is 0 Å². The molecule has 96 valence electrons. The molecule has 0 unspecified atom stereocenters. The third kappa shape index (κ3) is 3.35. The van der Waals surface area contributed by atoms with Gasteiger partial charge < -0.3 is 15.0 Å². The van der Waals surface area contributed by atoms with Crippen LogP contribution in [0.25, 0.3) is 0 Å². The first-order chi connectivity index (χ1) is 8.27. The second-order valence-electron chi connectivity index (χ2n) is 4.73. The molecule has 0 aromatic heterocycles. The van der Waals surface area contributed by atoms with Crippen LogP contribution in [0, 0.1) is 5.92 Å². The van der Waals surface area contributed by atoms with Crippen LogP contribution in [0.4, 0.5) is 4.79 Å². The SMILES string of the molecule is O=C(NCCCN1CCOC1=O)C1CCCC1. The van der Waals surface area contributed by atoms with Crippen LogP contribution in [0.15, 0.2) is 0 Å². The molecule has 2 rings (SSSR count). The van der Waals surface area contributed by atoms with E-state index in [1.165, 1.54) is 12.8 Å². The molecule has 1 N–H and O–H groups in total. The lowest BCUT2D eigenvalue weighted by molar-refractivity contribution is -0.124. The quantitative estimate of drug-likeness (QED) is 0.733. The minimum Gasteiger partial charge on any atom is -0.448 e. The van der Waals surface area contributed by atoms with Gasteiger partial charge in [-0.05, 0) is 19.3 Å². The van der Waals surface area contributed by atoms with E-state index in [1.807, 2.05) is 0 Å². The van der Waals surface area contributed by atoms with Gasteiger partial charge in [-0.1, -0.05) is 12.8 Å². The zero-order chi connectivity index (χ0) is 12.1. The predicted molar refractivity (Wildman–Crippen MR) is 62.5 cm³/mol. The summed E-state index contributed by atoms with van der Waals surface area (Å²) in [5, 5.41) is 2.95. The summed E-state index contributed by atoms with van der Waals surface area (Å²) in [7, 11) is 0. The Labute approximate surface area is 101 Å². The summed E-state index contributed by atoms with van der Waals surface area (Å²) in [6.45, 7) is 2.49. The molecule has 0 atom stereocenters. The van der Waals surface area contributed by atoms with Crippen molar-refractivity contribution in [3.63, 3.8) is 0 Å². The number of carbonyl (C=O) groups excluding carboxylic acids is 2. The van der Waals surface area contributed by atoms with Gasteiger partial charge >= 0.3 is 6.09 Å². The van der Waals surface area contributed by atoms with Crippen molar-refractivity contribution < 1.29 is 14.3 Å². The Morgan fingerprint density at radius 3 is 2.82 bits per heavy atom. The fraction of sp³-hybridized carbons (Fsp3) is 0.833. The van der Waals surface area contributed by atoms with Crippen molar-refractivity contribution in [3.8, 4) is 0 Å². The van der Waals surface area contributed by atoms with Crippen LogP contribution in [-0.2, 0) is 9.53 Å². The average Bonchev–Trinajstić information content (AvgIpc) is 2.96. The number of rotatable bonds is 5. The van der Waals surface area contributed by atoms with Gasteiger partial charge in [-0.3, -0.25) is 4.79 Å². The van der Waals surface area contributed by atoms with E-state index >= 15 is 0 Å². The second-order valence-corrected chi connectivity index (χ2v) is 4.73. The van der Waals surface area contributed by atoms with E-state index in [1.54, 1.807) is 4.90 Å². The van der Waals surface area contributed by atoms with Crippen LogP contribution in [-0.4, -0.2) is 43.1 Å². The zero-order valence-electron chi connectivity index (χ0n) is 10.1. The molecule has 1 saturated heterocycles. The predicted octanol–water partition coefficient (Wildman–Crippen LogP) is 1.14. The Morgan fingerprint density at radius 2 is 2.18 bits per heavy atom. The third-order valence-electron chi connectivity index (χ3n) is 3.47. The van der Waals surface area contributed by atoms with Crippen molar-refractivity contribution in [2.24, 2.45) is 5.92 Å². The van der Waals surface area contributed by atoms with Crippen LogP contribution in [0.1, 0.15) is 32.1 Å². The summed E-state index contributed by atoms with van der Waals surface area (Å²) in [5.41, 5.74) is 0. The molecular formula is C12H20N2O3. The zero-order valence-corrected chi connectivity index (χ0v) is 10.1. The number of ether oxygens (including phenoxy) is 1. The summed E-state index contributed by atoms with van der Waals surface area (Å²) in [5.74, 6) is 0.415. The molecule has 0 spiro atoms. The van der Waals surface area contributed by atoms with Crippen LogP contribution >= 0.6 is 0 Å². The monoisotopic (exact) mass is 240 g/mol. The van der Waals surface area contributed by atoms with Gasteiger partial charge in [0.1, 0.15) is 6.61 Å². The first-order valence-corrected chi connectivity index (χ1v) is 6.47. The van der Waals surface area contributed by atoms with Gasteiger partial charge in [0.05, 0.1) is 6.54 Å². The second kappa shape index (κ2) is 5.89. The lowest BCUT2D eigenvalue weighted by Gasteiger charge is -2.13. The maximum absolute atomic E-state index is 11.7. The highest BCUT2D eigenvalue weighted by Crippen LogP contribution is 2.24. The highest BCUT2D eigenvalue weighted by Gasteiger charge is 2.23. The van der Waals surface area contributed by atoms with Crippen molar-refractivity contribution in [1.29, 1.82) is 0 Å². The molecule has 17 heavy (non-hydrogen) atoms. The summed E-state index contributed by atoms with van der Waals surface area (Å²) in [6.07, 6.45) is 4.99. The Kier molecular flexibility index (Phi) is 4.23. The molecule has 0 aromatic rings. The van der Waals surface area contributed by atoms with E-state index in [9.17, 15) is 9.59 Å². The lowest BCUT2D eigenvalue weighted by Crippen LogP contribution is -2.33. The van der Waals surface area contributed by atoms with Crippen LogP contribution < -0.4 is 5.32 Å². The van der Waals surface area contributed by atoms with E-state index in [0.29, 0.717) is 26.2 Å². The molecular weight excluding hydrogens is 220 g/mol. The first kappa shape index (κ1) is 12.2. The van der Waals surface area contributed by atoms with Crippen molar-refractivity contribution >= 4 is 12.0 Å². The molecule has 2 amide bonds. The van der Waals surface area contributed by atoms with E-state index in [4.69, 9.17) is 4.74 Å². The Bertz CT molecular complexity index is 287. The topological polar surface area (TPSA) is 58.6 Å². The summed E-state index contributed by atoms with van der Waals surface area (Å²) in [4.78, 5) is 24.5. The van der Waals surface area contributed by atoms with Crippen molar-refractivity contribution in [3.05, 3.63) is 0 Å². The molecule has 0 radical (unpaired) electrons. The van der Waals surface area contributed by atoms with Crippen LogP contribution in [0.5, 0.6) is 0 Å². The standard InChI is InChI=1S/C12H20N2O3/c15-11(10-4-1-2-5-10)13-6-3-7-14-8-9-17-12(14)16/h10H,1-9H2,(H,13,15). The van der Waals surface area contributed by atoms with E-state index in [-0.39, 0.29) is 17.9 Å². The number of nitrogens with zero attached hydrogens (tertiary/aromatic N) is 1. The first-order valence-electron chi connectivity index (χ1n) is 6.47. The summed E-state index contributed by atoms with van der Waals surface area (Å²) >= 11 is 0. The largest absolute Gasteiger partial charge is 0.448 e. The summed E-state index contributed by atoms with van der Waals surface area (Å²) < 4.78 is 4.82. The Balaban J connectivity index is 1.56. The molecule has 2 aliphatic rings. The number of amides is 2. The Morgan fingerprint density at radius 1 is 1.41 bits per heavy atom. The van der Waals surface area contributed by atoms with Gasteiger partial charge in [-0.25, -0.2) is 4.79 Å². The molecule has 5 heteroatoms. The highest BCUT2D eigenvalue weighted by atomic mass is 16.6. The van der Waals surface area contributed by atoms with Crippen molar-refractivity contribution in [2.45, 2.75) is 32.1 Å². The normalized spacial score (nSPS) is 20.7. The third-order valence-corrected chi connectivity index (χ3v) is 3.47. The fourth-order valence-corrected chi connectivity index (χ4v) is 2.44. The molecule has 0 aromatic carbocycles. The molecule has 2 fully saturated rings. The van der Waals surface area contributed by atoms with Gasteiger partial charge in [0, 0.05) is 19.0 Å². The molecule has 1 aliphatic carbocycles. The van der Waals surface area contributed by atoms with Gasteiger partial charge in [-0.2, -0.15) is 0 Å². The number of carbonyl (C=O) groups is 2. The smallest absolute Gasteiger partial charge is 0.409 e.